The SMILES string of the molecule is Cc1cc(OC2CC(Br)C2)ccc1Br. The largest absolute Gasteiger partial charge is 0.490 e. The van der Waals surface area contributed by atoms with Gasteiger partial charge in [0.1, 0.15) is 11.9 Å². The Morgan fingerprint density at radius 1 is 1.36 bits per heavy atom. The fourth-order valence-corrected chi connectivity index (χ4v) is 2.56. The van der Waals surface area contributed by atoms with Crippen molar-refractivity contribution in [3.05, 3.63) is 28.2 Å². The molecule has 1 aromatic rings. The topological polar surface area (TPSA) is 9.23 Å². The van der Waals surface area contributed by atoms with Gasteiger partial charge in [-0.25, -0.2) is 0 Å². The van der Waals surface area contributed by atoms with Gasteiger partial charge in [-0.05, 0) is 43.5 Å². The minimum absolute atomic E-state index is 0.403. The molecule has 1 aliphatic rings. The van der Waals surface area contributed by atoms with Crippen molar-refractivity contribution in [1.82, 2.24) is 0 Å². The van der Waals surface area contributed by atoms with E-state index in [1.54, 1.807) is 0 Å². The first-order valence-electron chi connectivity index (χ1n) is 4.72. The summed E-state index contributed by atoms with van der Waals surface area (Å²) in [4.78, 5) is 0.657. The number of ether oxygens (including phenoxy) is 1. The number of hydrogen-bond donors (Lipinski definition) is 0. The van der Waals surface area contributed by atoms with Crippen LogP contribution in [-0.2, 0) is 0 Å². The van der Waals surface area contributed by atoms with Crippen molar-refractivity contribution in [2.45, 2.75) is 30.7 Å². The Bertz CT molecular complexity index is 332. The molecular weight excluding hydrogens is 308 g/mol. The van der Waals surface area contributed by atoms with E-state index in [2.05, 4.69) is 44.8 Å². The summed E-state index contributed by atoms with van der Waals surface area (Å²) in [6, 6.07) is 6.12. The zero-order valence-corrected chi connectivity index (χ0v) is 11.1. The Morgan fingerprint density at radius 2 is 2.07 bits per heavy atom. The summed E-state index contributed by atoms with van der Waals surface area (Å²) < 4.78 is 6.94. The second-order valence-electron chi connectivity index (χ2n) is 3.72. The lowest BCUT2D eigenvalue weighted by molar-refractivity contribution is 0.128. The molecule has 0 atom stereocenters. The van der Waals surface area contributed by atoms with Gasteiger partial charge < -0.3 is 4.74 Å². The number of aryl methyl sites for hydroxylation is 1. The van der Waals surface area contributed by atoms with Crippen LogP contribution in [0.25, 0.3) is 0 Å². The normalized spacial score (nSPS) is 25.6. The Hall–Kier alpha value is -0.0200. The fourth-order valence-electron chi connectivity index (χ4n) is 1.48. The van der Waals surface area contributed by atoms with Gasteiger partial charge in [-0.1, -0.05) is 31.9 Å². The van der Waals surface area contributed by atoms with Crippen molar-refractivity contribution in [2.75, 3.05) is 0 Å². The highest BCUT2D eigenvalue weighted by molar-refractivity contribution is 9.10. The van der Waals surface area contributed by atoms with Crippen molar-refractivity contribution >= 4 is 31.9 Å². The van der Waals surface area contributed by atoms with Crippen molar-refractivity contribution in [1.29, 1.82) is 0 Å². The molecule has 0 aliphatic heterocycles. The van der Waals surface area contributed by atoms with Gasteiger partial charge in [0.05, 0.1) is 0 Å². The third-order valence-electron chi connectivity index (χ3n) is 2.47. The van der Waals surface area contributed by atoms with Crippen LogP contribution in [0.1, 0.15) is 18.4 Å². The lowest BCUT2D eigenvalue weighted by Gasteiger charge is -2.31. The molecule has 1 aliphatic carbocycles. The molecule has 0 saturated heterocycles. The highest BCUT2D eigenvalue weighted by atomic mass is 79.9. The number of alkyl halides is 1. The maximum Gasteiger partial charge on any atom is 0.120 e. The van der Waals surface area contributed by atoms with Crippen LogP contribution in [0.3, 0.4) is 0 Å². The van der Waals surface area contributed by atoms with Gasteiger partial charge in [-0.15, -0.1) is 0 Å². The van der Waals surface area contributed by atoms with Crippen molar-refractivity contribution in [3.8, 4) is 5.75 Å². The monoisotopic (exact) mass is 318 g/mol. The molecule has 14 heavy (non-hydrogen) atoms. The molecule has 0 N–H and O–H groups in total. The molecule has 1 fully saturated rings. The highest BCUT2D eigenvalue weighted by Crippen LogP contribution is 2.32. The van der Waals surface area contributed by atoms with Crippen molar-refractivity contribution < 1.29 is 4.74 Å². The van der Waals surface area contributed by atoms with Crippen molar-refractivity contribution in [3.63, 3.8) is 0 Å². The molecule has 0 unspecified atom stereocenters. The summed E-state index contributed by atoms with van der Waals surface area (Å²) in [6.45, 7) is 2.07. The summed E-state index contributed by atoms with van der Waals surface area (Å²) in [7, 11) is 0. The molecule has 0 radical (unpaired) electrons. The Balaban J connectivity index is 2.00. The molecule has 76 valence electrons. The van der Waals surface area contributed by atoms with E-state index in [4.69, 9.17) is 4.74 Å². The summed E-state index contributed by atoms with van der Waals surface area (Å²) in [5.74, 6) is 0.982. The first-order valence-corrected chi connectivity index (χ1v) is 6.43. The smallest absolute Gasteiger partial charge is 0.120 e. The van der Waals surface area contributed by atoms with E-state index in [1.807, 2.05) is 12.1 Å². The Labute approximate surface area is 101 Å². The standard InChI is InChI=1S/C11H12Br2O/c1-7-4-9(2-3-11(7)13)14-10-5-8(12)6-10/h2-4,8,10H,5-6H2,1H3. The number of rotatable bonds is 2. The second-order valence-corrected chi connectivity index (χ2v) is 5.87. The molecule has 1 saturated carbocycles. The lowest BCUT2D eigenvalue weighted by atomic mass is 9.96. The molecule has 0 bridgehead atoms. The fraction of sp³-hybridized carbons (Fsp3) is 0.455. The quantitative estimate of drug-likeness (QED) is 0.747. The summed E-state index contributed by atoms with van der Waals surface area (Å²) >= 11 is 7.03. The predicted molar refractivity (Wildman–Crippen MR) is 65.2 cm³/mol. The summed E-state index contributed by atoms with van der Waals surface area (Å²) in [5, 5.41) is 0. The molecule has 3 heteroatoms. The Morgan fingerprint density at radius 3 is 2.64 bits per heavy atom. The summed E-state index contributed by atoms with van der Waals surface area (Å²) in [5.41, 5.74) is 1.22. The zero-order valence-electron chi connectivity index (χ0n) is 7.97. The molecule has 0 aromatic heterocycles. The van der Waals surface area contributed by atoms with Crippen LogP contribution in [0.15, 0.2) is 22.7 Å². The average molecular weight is 320 g/mol. The predicted octanol–water partition coefficient (Wildman–Crippen LogP) is 4.06. The van der Waals surface area contributed by atoms with Crippen LogP contribution < -0.4 is 4.74 Å². The minimum Gasteiger partial charge on any atom is -0.490 e. The van der Waals surface area contributed by atoms with Gasteiger partial charge in [-0.2, -0.15) is 0 Å². The number of hydrogen-bond acceptors (Lipinski definition) is 1. The van der Waals surface area contributed by atoms with E-state index < -0.39 is 0 Å². The molecule has 0 amide bonds. The van der Waals surface area contributed by atoms with E-state index in [-0.39, 0.29) is 0 Å². The van der Waals surface area contributed by atoms with E-state index in [1.165, 1.54) is 5.56 Å². The number of benzene rings is 1. The maximum atomic E-state index is 5.81. The van der Waals surface area contributed by atoms with Gasteiger partial charge in [0, 0.05) is 9.30 Å². The molecule has 0 spiro atoms. The zero-order chi connectivity index (χ0) is 10.1. The summed E-state index contributed by atoms with van der Waals surface area (Å²) in [6.07, 6.45) is 2.64. The van der Waals surface area contributed by atoms with Crippen LogP contribution in [0.2, 0.25) is 0 Å². The van der Waals surface area contributed by atoms with Gasteiger partial charge in [0.25, 0.3) is 0 Å². The minimum atomic E-state index is 0.403. The average Bonchev–Trinajstić information content (AvgIpc) is 2.09. The molecule has 2 rings (SSSR count). The van der Waals surface area contributed by atoms with E-state index in [0.717, 1.165) is 23.1 Å². The molecular formula is C11H12Br2O. The van der Waals surface area contributed by atoms with E-state index in [0.29, 0.717) is 10.9 Å². The third-order valence-corrected chi connectivity index (χ3v) is 4.11. The van der Waals surface area contributed by atoms with Gasteiger partial charge in [-0.3, -0.25) is 0 Å². The van der Waals surface area contributed by atoms with E-state index >= 15 is 0 Å². The Kier molecular flexibility index (Phi) is 3.17. The van der Waals surface area contributed by atoms with Crippen LogP contribution in [0.5, 0.6) is 5.75 Å². The van der Waals surface area contributed by atoms with Gasteiger partial charge in [0.15, 0.2) is 0 Å². The second kappa shape index (κ2) is 4.23. The molecule has 1 nitrogen and oxygen atoms in total. The van der Waals surface area contributed by atoms with Crippen LogP contribution in [0, 0.1) is 6.92 Å². The van der Waals surface area contributed by atoms with Gasteiger partial charge in [0.2, 0.25) is 0 Å². The third kappa shape index (κ3) is 2.31. The number of halogens is 2. The highest BCUT2D eigenvalue weighted by Gasteiger charge is 2.28. The maximum absolute atomic E-state index is 5.81. The van der Waals surface area contributed by atoms with Crippen LogP contribution in [-0.4, -0.2) is 10.9 Å². The van der Waals surface area contributed by atoms with E-state index in [9.17, 15) is 0 Å². The molecule has 0 heterocycles. The first-order chi connectivity index (χ1) is 6.65. The van der Waals surface area contributed by atoms with Crippen LogP contribution >= 0.6 is 31.9 Å². The van der Waals surface area contributed by atoms with Crippen molar-refractivity contribution in [2.24, 2.45) is 0 Å². The molecule has 1 aromatic carbocycles. The van der Waals surface area contributed by atoms with Crippen LogP contribution in [0.4, 0.5) is 0 Å². The van der Waals surface area contributed by atoms with Gasteiger partial charge >= 0.3 is 0 Å². The lowest BCUT2D eigenvalue weighted by Crippen LogP contribution is -2.33. The first kappa shape index (κ1) is 10.5.